The van der Waals surface area contributed by atoms with E-state index < -0.39 is 0 Å². The number of hydrogen-bond donors (Lipinski definition) is 0. The van der Waals surface area contributed by atoms with E-state index in [-0.39, 0.29) is 23.8 Å². The van der Waals surface area contributed by atoms with Crippen LogP contribution in [0.25, 0.3) is 0 Å². The Morgan fingerprint density at radius 2 is 1.65 bits per heavy atom. The lowest BCUT2D eigenvalue weighted by Gasteiger charge is -2.41. The first-order chi connectivity index (χ1) is 12.5. The minimum Gasteiger partial charge on any atom is -0.373 e. The van der Waals surface area contributed by atoms with Crippen LogP contribution in [0.5, 0.6) is 0 Å². The van der Waals surface area contributed by atoms with Gasteiger partial charge >= 0.3 is 0 Å². The molecule has 2 amide bonds. The Labute approximate surface area is 155 Å². The van der Waals surface area contributed by atoms with Gasteiger partial charge in [-0.2, -0.15) is 0 Å². The van der Waals surface area contributed by atoms with Crippen molar-refractivity contribution in [1.29, 1.82) is 0 Å². The number of carbonyl (C=O) groups is 2. The van der Waals surface area contributed by atoms with E-state index in [1.165, 1.54) is 5.56 Å². The molecule has 6 heteroatoms. The second-order valence-corrected chi connectivity index (χ2v) is 7.53. The summed E-state index contributed by atoms with van der Waals surface area (Å²) >= 11 is 0. The molecular weight excluding hydrogens is 330 g/mol. The first kappa shape index (κ1) is 18.9. The third kappa shape index (κ3) is 4.83. The number of benzene rings is 1. The third-order valence-corrected chi connectivity index (χ3v) is 5.17. The van der Waals surface area contributed by atoms with Crippen molar-refractivity contribution in [3.05, 3.63) is 35.9 Å². The minimum absolute atomic E-state index is 0.0831. The van der Waals surface area contributed by atoms with Gasteiger partial charge in [-0.15, -0.1) is 0 Å². The molecule has 0 unspecified atom stereocenters. The van der Waals surface area contributed by atoms with Crippen molar-refractivity contribution in [2.75, 3.05) is 46.8 Å². The average molecular weight is 359 g/mol. The van der Waals surface area contributed by atoms with Crippen LogP contribution in [0.3, 0.4) is 0 Å². The lowest BCUT2D eigenvalue weighted by Crippen LogP contribution is -2.54. The number of likely N-dealkylation sites (N-methyl/N-ethyl adjacent to an activating group) is 1. The van der Waals surface area contributed by atoms with Crippen molar-refractivity contribution in [1.82, 2.24) is 14.7 Å². The summed E-state index contributed by atoms with van der Waals surface area (Å²) < 4.78 is 5.89. The topological polar surface area (TPSA) is 53.1 Å². The van der Waals surface area contributed by atoms with Gasteiger partial charge in [0.05, 0.1) is 19.3 Å². The van der Waals surface area contributed by atoms with Crippen LogP contribution in [-0.2, 0) is 20.9 Å². The lowest BCUT2D eigenvalue weighted by atomic mass is 9.81. The Bertz CT molecular complexity index is 606. The molecule has 0 bridgehead atoms. The first-order valence-electron chi connectivity index (χ1n) is 9.39. The van der Waals surface area contributed by atoms with Crippen LogP contribution in [0.15, 0.2) is 30.3 Å². The van der Waals surface area contributed by atoms with Crippen LogP contribution in [0.4, 0.5) is 0 Å². The van der Waals surface area contributed by atoms with Crippen molar-refractivity contribution in [2.24, 2.45) is 5.92 Å². The van der Waals surface area contributed by atoms with Gasteiger partial charge in [0.15, 0.2) is 0 Å². The largest absolute Gasteiger partial charge is 0.373 e. The van der Waals surface area contributed by atoms with E-state index in [0.717, 1.165) is 12.8 Å². The Morgan fingerprint density at radius 3 is 2.27 bits per heavy atom. The summed E-state index contributed by atoms with van der Waals surface area (Å²) in [5.74, 6) is 0.448. The van der Waals surface area contributed by atoms with Crippen molar-refractivity contribution in [2.45, 2.75) is 25.6 Å². The van der Waals surface area contributed by atoms with Crippen LogP contribution < -0.4 is 0 Å². The molecule has 3 rings (SSSR count). The van der Waals surface area contributed by atoms with Gasteiger partial charge in [0.25, 0.3) is 0 Å². The van der Waals surface area contributed by atoms with Crippen molar-refractivity contribution in [3.8, 4) is 0 Å². The molecule has 2 aliphatic rings. The molecule has 142 valence electrons. The van der Waals surface area contributed by atoms with E-state index in [1.54, 1.807) is 0 Å². The highest BCUT2D eigenvalue weighted by atomic mass is 16.5. The van der Waals surface area contributed by atoms with Gasteiger partial charge in [-0.25, -0.2) is 0 Å². The van der Waals surface area contributed by atoms with E-state index in [9.17, 15) is 9.59 Å². The molecule has 1 aliphatic carbocycles. The highest BCUT2D eigenvalue weighted by Crippen LogP contribution is 2.32. The summed E-state index contributed by atoms with van der Waals surface area (Å²) in [5.41, 5.74) is 1.17. The van der Waals surface area contributed by atoms with Crippen LogP contribution in [0.1, 0.15) is 18.4 Å². The van der Waals surface area contributed by atoms with Crippen LogP contribution >= 0.6 is 0 Å². The molecule has 1 saturated heterocycles. The highest BCUT2D eigenvalue weighted by Gasteiger charge is 2.38. The smallest absolute Gasteiger partial charge is 0.236 e. The maximum atomic E-state index is 12.6. The number of nitrogens with zero attached hydrogens (tertiary/aromatic N) is 3. The molecule has 1 saturated carbocycles. The van der Waals surface area contributed by atoms with E-state index in [0.29, 0.717) is 39.3 Å². The lowest BCUT2D eigenvalue weighted by molar-refractivity contribution is -0.149. The zero-order valence-corrected chi connectivity index (χ0v) is 15.8. The van der Waals surface area contributed by atoms with E-state index in [4.69, 9.17) is 4.74 Å². The molecule has 0 spiro atoms. The standard InChI is InChI=1S/C20H29N3O3/c1-21(2)14-19(24)22-8-10-23(11-9-22)20(25)17-12-18(13-17)26-15-16-6-4-3-5-7-16/h3-7,17-18H,8-15H2,1-2H3. The summed E-state index contributed by atoms with van der Waals surface area (Å²) in [7, 11) is 3.79. The van der Waals surface area contributed by atoms with E-state index >= 15 is 0 Å². The molecule has 0 N–H and O–H groups in total. The summed E-state index contributed by atoms with van der Waals surface area (Å²) in [6, 6.07) is 10.1. The SMILES string of the molecule is CN(C)CC(=O)N1CCN(C(=O)C2CC(OCc3ccccc3)C2)CC1. The summed E-state index contributed by atoms with van der Waals surface area (Å²) in [6.45, 7) is 3.60. The Morgan fingerprint density at radius 1 is 1.04 bits per heavy atom. The van der Waals surface area contributed by atoms with Crippen molar-refractivity contribution < 1.29 is 14.3 Å². The quantitative estimate of drug-likeness (QED) is 0.766. The fraction of sp³-hybridized carbons (Fsp3) is 0.600. The fourth-order valence-corrected chi connectivity index (χ4v) is 3.50. The summed E-state index contributed by atoms with van der Waals surface area (Å²) in [4.78, 5) is 30.3. The number of rotatable bonds is 6. The second-order valence-electron chi connectivity index (χ2n) is 7.53. The molecular formula is C20H29N3O3. The van der Waals surface area contributed by atoms with Gasteiger partial charge in [0.1, 0.15) is 0 Å². The number of ether oxygens (including phenoxy) is 1. The van der Waals surface area contributed by atoms with Gasteiger partial charge in [-0.05, 0) is 32.5 Å². The number of piperazine rings is 1. The zero-order valence-electron chi connectivity index (χ0n) is 15.8. The van der Waals surface area contributed by atoms with Crippen molar-refractivity contribution >= 4 is 11.8 Å². The summed E-state index contributed by atoms with van der Waals surface area (Å²) in [5, 5.41) is 0. The maximum absolute atomic E-state index is 12.6. The molecule has 0 atom stereocenters. The molecule has 6 nitrogen and oxygen atoms in total. The Balaban J connectivity index is 1.36. The Hall–Kier alpha value is -1.92. The molecule has 1 aliphatic heterocycles. The summed E-state index contributed by atoms with van der Waals surface area (Å²) in [6.07, 6.45) is 1.81. The van der Waals surface area contributed by atoms with Gasteiger partial charge < -0.3 is 19.4 Å². The fourth-order valence-electron chi connectivity index (χ4n) is 3.50. The van der Waals surface area contributed by atoms with Gasteiger partial charge in [-0.1, -0.05) is 30.3 Å². The molecule has 1 heterocycles. The van der Waals surface area contributed by atoms with Gasteiger partial charge in [0, 0.05) is 32.1 Å². The molecule has 1 aromatic rings. The Kier molecular flexibility index (Phi) is 6.27. The molecule has 0 radical (unpaired) electrons. The van der Waals surface area contributed by atoms with Crippen LogP contribution in [0.2, 0.25) is 0 Å². The number of hydrogen-bond acceptors (Lipinski definition) is 4. The maximum Gasteiger partial charge on any atom is 0.236 e. The number of carbonyl (C=O) groups excluding carboxylic acids is 2. The average Bonchev–Trinajstić information content (AvgIpc) is 2.60. The van der Waals surface area contributed by atoms with Crippen molar-refractivity contribution in [3.63, 3.8) is 0 Å². The molecule has 1 aromatic carbocycles. The minimum atomic E-state index is 0.0831. The van der Waals surface area contributed by atoms with E-state index in [1.807, 2.05) is 47.0 Å². The van der Waals surface area contributed by atoms with Gasteiger partial charge in [-0.3, -0.25) is 9.59 Å². The van der Waals surface area contributed by atoms with E-state index in [2.05, 4.69) is 12.1 Å². The predicted molar refractivity (Wildman–Crippen MR) is 99.5 cm³/mol. The normalized spacial score (nSPS) is 23.0. The molecule has 26 heavy (non-hydrogen) atoms. The van der Waals surface area contributed by atoms with Crippen LogP contribution in [-0.4, -0.2) is 79.4 Å². The second kappa shape index (κ2) is 8.64. The monoisotopic (exact) mass is 359 g/mol. The highest BCUT2D eigenvalue weighted by molar-refractivity contribution is 5.81. The molecule has 2 fully saturated rings. The molecule has 0 aromatic heterocycles. The van der Waals surface area contributed by atoms with Crippen LogP contribution in [0, 0.1) is 5.92 Å². The first-order valence-corrected chi connectivity index (χ1v) is 9.39. The van der Waals surface area contributed by atoms with Gasteiger partial charge in [0.2, 0.25) is 11.8 Å². The number of amides is 2. The zero-order chi connectivity index (χ0) is 18.5. The third-order valence-electron chi connectivity index (χ3n) is 5.17. The predicted octanol–water partition coefficient (Wildman–Crippen LogP) is 1.21.